The summed E-state index contributed by atoms with van der Waals surface area (Å²) in [5.41, 5.74) is 0. The summed E-state index contributed by atoms with van der Waals surface area (Å²) in [5.74, 6) is 0.739. The molecule has 0 spiro atoms. The second-order valence-corrected chi connectivity index (χ2v) is 7.17. The summed E-state index contributed by atoms with van der Waals surface area (Å²) in [7, 11) is 0. The molecule has 0 amide bonds. The number of nitrogens with zero attached hydrogens (tertiary/aromatic N) is 1. The van der Waals surface area contributed by atoms with Crippen LogP contribution in [0.25, 0.3) is 0 Å². The van der Waals surface area contributed by atoms with Crippen molar-refractivity contribution in [1.82, 2.24) is 0 Å². The van der Waals surface area contributed by atoms with Crippen molar-refractivity contribution in [2.75, 3.05) is 32.8 Å². The highest BCUT2D eigenvalue weighted by Crippen LogP contribution is 2.39. The number of piperidine rings is 3. The number of carbonyl (C=O) groups excluding carboxylic acids is 2. The van der Waals surface area contributed by atoms with Gasteiger partial charge in [0, 0.05) is 12.8 Å². The number of esters is 1. The molecule has 0 unspecified atom stereocenters. The fourth-order valence-corrected chi connectivity index (χ4v) is 4.62. The first kappa shape index (κ1) is 14.7. The van der Waals surface area contributed by atoms with Crippen molar-refractivity contribution in [3.63, 3.8) is 0 Å². The molecule has 3 aliphatic rings. The minimum atomic E-state index is -0.125. The van der Waals surface area contributed by atoms with Crippen molar-refractivity contribution < 1.29 is 18.8 Å². The number of quaternary nitrogens is 1. The Morgan fingerprint density at radius 3 is 2.76 bits per heavy atom. The summed E-state index contributed by atoms with van der Waals surface area (Å²) in [6.07, 6.45) is 2.11. The summed E-state index contributed by atoms with van der Waals surface area (Å²) in [6, 6.07) is 3.85. The minimum absolute atomic E-state index is 0.0839. The average molecular weight is 308 g/mol. The first-order valence-electron chi connectivity index (χ1n) is 7.72. The molecule has 0 aliphatic carbocycles. The normalized spacial score (nSPS) is 31.1. The standard InChI is InChI=1S/C16H22NO3S/c1-2-20-15(18)11-17-7-5-12(6-8-17)13(10-17)16(19)14-4-3-9-21-14/h3-4,9,12-13H,2,5-8,10-11H2,1H3/q+1/t12?,13-,17?/m1/s1. The maximum atomic E-state index is 12.7. The topological polar surface area (TPSA) is 43.4 Å². The molecule has 1 aromatic rings. The monoisotopic (exact) mass is 308 g/mol. The molecule has 1 aromatic heterocycles. The molecule has 1 atom stereocenters. The zero-order chi connectivity index (χ0) is 14.9. The Hall–Kier alpha value is -1.20. The summed E-state index contributed by atoms with van der Waals surface area (Å²) in [6.45, 7) is 5.52. The van der Waals surface area contributed by atoms with Gasteiger partial charge in [-0.15, -0.1) is 11.3 Å². The molecule has 2 bridgehead atoms. The van der Waals surface area contributed by atoms with Crippen LogP contribution in [-0.4, -0.2) is 49.0 Å². The van der Waals surface area contributed by atoms with Crippen molar-refractivity contribution in [2.24, 2.45) is 11.8 Å². The second kappa shape index (κ2) is 5.89. The third-order valence-electron chi connectivity index (χ3n) is 4.97. The Morgan fingerprint density at radius 2 is 2.14 bits per heavy atom. The highest BCUT2D eigenvalue weighted by molar-refractivity contribution is 7.12. The van der Waals surface area contributed by atoms with E-state index in [-0.39, 0.29) is 17.7 Å². The number of Topliss-reactive ketones (excluding diaryl/α,β-unsaturated/α-hetero) is 1. The Bertz CT molecular complexity index is 518. The van der Waals surface area contributed by atoms with Crippen molar-refractivity contribution >= 4 is 23.1 Å². The largest absolute Gasteiger partial charge is 0.462 e. The zero-order valence-corrected chi connectivity index (χ0v) is 13.2. The van der Waals surface area contributed by atoms with Gasteiger partial charge in [-0.05, 0) is 24.3 Å². The molecule has 3 fully saturated rings. The van der Waals surface area contributed by atoms with Gasteiger partial charge in [-0.2, -0.15) is 0 Å². The number of ketones is 1. The molecule has 0 aromatic carbocycles. The third kappa shape index (κ3) is 2.90. The summed E-state index contributed by atoms with van der Waals surface area (Å²) >= 11 is 1.52. The zero-order valence-electron chi connectivity index (χ0n) is 12.4. The summed E-state index contributed by atoms with van der Waals surface area (Å²) in [4.78, 5) is 25.4. The van der Waals surface area contributed by atoms with Crippen LogP contribution in [0.1, 0.15) is 29.4 Å². The number of rotatable bonds is 5. The summed E-state index contributed by atoms with van der Waals surface area (Å²) in [5, 5.41) is 1.96. The van der Waals surface area contributed by atoms with Gasteiger partial charge in [0.2, 0.25) is 0 Å². The molecule has 4 heterocycles. The number of carbonyl (C=O) groups is 2. The van der Waals surface area contributed by atoms with Crippen molar-refractivity contribution in [2.45, 2.75) is 19.8 Å². The molecular weight excluding hydrogens is 286 g/mol. The van der Waals surface area contributed by atoms with E-state index in [4.69, 9.17) is 4.74 Å². The van der Waals surface area contributed by atoms with E-state index < -0.39 is 0 Å². The lowest BCUT2D eigenvalue weighted by atomic mass is 9.75. The van der Waals surface area contributed by atoms with E-state index in [1.165, 1.54) is 11.3 Å². The molecule has 3 saturated heterocycles. The molecule has 3 aliphatic heterocycles. The first-order valence-corrected chi connectivity index (χ1v) is 8.60. The van der Waals surface area contributed by atoms with Crippen LogP contribution in [0.15, 0.2) is 17.5 Å². The Labute approximate surface area is 129 Å². The van der Waals surface area contributed by atoms with Gasteiger partial charge in [-0.25, -0.2) is 4.79 Å². The van der Waals surface area contributed by atoms with Gasteiger partial charge in [0.1, 0.15) is 0 Å². The maximum Gasteiger partial charge on any atom is 0.361 e. The highest BCUT2D eigenvalue weighted by Gasteiger charge is 2.49. The fraction of sp³-hybridized carbons (Fsp3) is 0.625. The molecule has 4 rings (SSSR count). The van der Waals surface area contributed by atoms with E-state index in [0.717, 1.165) is 41.8 Å². The van der Waals surface area contributed by atoms with Crippen LogP contribution < -0.4 is 0 Å². The maximum absolute atomic E-state index is 12.7. The van der Waals surface area contributed by atoms with Gasteiger partial charge < -0.3 is 9.22 Å². The molecule has 4 nitrogen and oxygen atoms in total. The van der Waals surface area contributed by atoms with Gasteiger partial charge in [-0.1, -0.05) is 6.07 Å². The van der Waals surface area contributed by atoms with Crippen LogP contribution in [0.5, 0.6) is 0 Å². The Balaban J connectivity index is 1.74. The predicted octanol–water partition coefficient (Wildman–Crippen LogP) is 2.35. The van der Waals surface area contributed by atoms with Crippen LogP contribution in [-0.2, 0) is 9.53 Å². The molecule has 114 valence electrons. The summed E-state index contributed by atoms with van der Waals surface area (Å²) < 4.78 is 5.87. The average Bonchev–Trinajstić information content (AvgIpc) is 3.01. The minimum Gasteiger partial charge on any atom is -0.462 e. The van der Waals surface area contributed by atoms with E-state index in [0.29, 0.717) is 19.1 Å². The van der Waals surface area contributed by atoms with Crippen LogP contribution in [0.2, 0.25) is 0 Å². The van der Waals surface area contributed by atoms with E-state index in [9.17, 15) is 9.59 Å². The van der Waals surface area contributed by atoms with Gasteiger partial charge in [-0.3, -0.25) is 4.79 Å². The van der Waals surface area contributed by atoms with Crippen molar-refractivity contribution in [3.8, 4) is 0 Å². The SMILES string of the molecule is CCOC(=O)C[N+]12CCC(CC1)[C@H](C(=O)c1cccs1)C2. The lowest BCUT2D eigenvalue weighted by molar-refractivity contribution is -0.938. The molecule has 0 radical (unpaired) electrons. The van der Waals surface area contributed by atoms with E-state index in [1.54, 1.807) is 0 Å². The Kier molecular flexibility index (Phi) is 4.13. The predicted molar refractivity (Wildman–Crippen MR) is 81.2 cm³/mol. The van der Waals surface area contributed by atoms with Gasteiger partial charge in [0.25, 0.3) is 0 Å². The molecule has 21 heavy (non-hydrogen) atoms. The first-order chi connectivity index (χ1) is 10.1. The van der Waals surface area contributed by atoms with E-state index in [1.807, 2.05) is 24.4 Å². The van der Waals surface area contributed by atoms with Gasteiger partial charge in [0.15, 0.2) is 12.3 Å². The van der Waals surface area contributed by atoms with E-state index >= 15 is 0 Å². The number of ether oxygens (including phenoxy) is 1. The lowest BCUT2D eigenvalue weighted by Gasteiger charge is -2.51. The number of fused-ring (bicyclic) bond motifs is 3. The van der Waals surface area contributed by atoms with Gasteiger partial charge >= 0.3 is 5.97 Å². The van der Waals surface area contributed by atoms with Crippen LogP contribution in [0, 0.1) is 11.8 Å². The van der Waals surface area contributed by atoms with Crippen LogP contribution in [0.3, 0.4) is 0 Å². The third-order valence-corrected chi connectivity index (χ3v) is 5.86. The lowest BCUT2D eigenvalue weighted by Crippen LogP contribution is -2.64. The van der Waals surface area contributed by atoms with E-state index in [2.05, 4.69) is 0 Å². The Morgan fingerprint density at radius 1 is 1.38 bits per heavy atom. The smallest absolute Gasteiger partial charge is 0.361 e. The quantitative estimate of drug-likeness (QED) is 0.476. The number of hydrogen-bond donors (Lipinski definition) is 0. The van der Waals surface area contributed by atoms with Gasteiger partial charge in [0.05, 0.1) is 37.0 Å². The van der Waals surface area contributed by atoms with Crippen molar-refractivity contribution in [3.05, 3.63) is 22.4 Å². The molecule has 0 N–H and O–H groups in total. The molecular formula is C16H22NO3S+. The number of hydrogen-bond acceptors (Lipinski definition) is 4. The van der Waals surface area contributed by atoms with Crippen LogP contribution in [0.4, 0.5) is 0 Å². The number of thiophene rings is 1. The molecule has 5 heteroatoms. The highest BCUT2D eigenvalue weighted by atomic mass is 32.1. The van der Waals surface area contributed by atoms with Crippen LogP contribution >= 0.6 is 11.3 Å². The molecule has 0 saturated carbocycles. The van der Waals surface area contributed by atoms with Crippen molar-refractivity contribution in [1.29, 1.82) is 0 Å². The fourth-order valence-electron chi connectivity index (χ4n) is 3.89. The second-order valence-electron chi connectivity index (χ2n) is 6.22.